The lowest BCUT2D eigenvalue weighted by molar-refractivity contribution is 0.283. The van der Waals surface area contributed by atoms with E-state index in [4.69, 9.17) is 17.0 Å². The van der Waals surface area contributed by atoms with Crippen LogP contribution in [0.4, 0.5) is 14.6 Å². The molecule has 3 rings (SSSR count). The minimum atomic E-state index is -0.677. The smallest absolute Gasteiger partial charge is 0.318 e. The summed E-state index contributed by atoms with van der Waals surface area (Å²) in [5.41, 5.74) is 0.444. The van der Waals surface area contributed by atoms with Crippen molar-refractivity contribution in [3.63, 3.8) is 0 Å². The number of aromatic nitrogens is 2. The van der Waals surface area contributed by atoms with E-state index in [2.05, 4.69) is 20.6 Å². The Morgan fingerprint density at radius 1 is 1.15 bits per heavy atom. The standard InChI is InChI=1S/C17H14F2N4OS2/c18-13-6-2-1-4-11(13)8-21-17(25)23-15-14(19)9-20-16(22-15)24-10-12-5-3-7-26-12/h1-7,9H,8,10H2,(H2,20,21,22,23,25). The summed E-state index contributed by atoms with van der Waals surface area (Å²) in [6.07, 6.45) is 0.999. The summed E-state index contributed by atoms with van der Waals surface area (Å²) < 4.78 is 32.9. The molecule has 0 fully saturated rings. The van der Waals surface area contributed by atoms with E-state index >= 15 is 0 Å². The first-order valence-corrected chi connectivity index (χ1v) is 8.86. The second-order valence-electron chi connectivity index (χ2n) is 5.12. The van der Waals surface area contributed by atoms with Gasteiger partial charge in [0, 0.05) is 17.0 Å². The van der Waals surface area contributed by atoms with Crippen LogP contribution in [0.15, 0.2) is 48.0 Å². The molecule has 0 saturated carbocycles. The van der Waals surface area contributed by atoms with Crippen LogP contribution in [-0.4, -0.2) is 15.1 Å². The molecule has 2 heterocycles. The summed E-state index contributed by atoms with van der Waals surface area (Å²) in [4.78, 5) is 8.76. The van der Waals surface area contributed by atoms with Gasteiger partial charge in [-0.25, -0.2) is 13.8 Å². The largest absolute Gasteiger partial charge is 0.458 e. The third-order valence-electron chi connectivity index (χ3n) is 3.27. The van der Waals surface area contributed by atoms with Crippen molar-refractivity contribution >= 4 is 34.5 Å². The van der Waals surface area contributed by atoms with Crippen LogP contribution >= 0.6 is 23.6 Å². The average Bonchev–Trinajstić information content (AvgIpc) is 3.15. The molecule has 2 N–H and O–H groups in total. The molecule has 5 nitrogen and oxygen atoms in total. The summed E-state index contributed by atoms with van der Waals surface area (Å²) in [6.45, 7) is 0.450. The van der Waals surface area contributed by atoms with Gasteiger partial charge < -0.3 is 15.4 Å². The Balaban J connectivity index is 1.58. The summed E-state index contributed by atoms with van der Waals surface area (Å²) in [7, 11) is 0. The normalized spacial score (nSPS) is 10.4. The van der Waals surface area contributed by atoms with E-state index in [1.165, 1.54) is 17.4 Å². The fourth-order valence-electron chi connectivity index (χ4n) is 2.01. The lowest BCUT2D eigenvalue weighted by Gasteiger charge is -2.11. The van der Waals surface area contributed by atoms with E-state index in [9.17, 15) is 8.78 Å². The lowest BCUT2D eigenvalue weighted by atomic mass is 10.2. The predicted molar refractivity (Wildman–Crippen MR) is 100 cm³/mol. The Hall–Kier alpha value is -2.65. The van der Waals surface area contributed by atoms with Crippen molar-refractivity contribution in [2.45, 2.75) is 13.2 Å². The molecule has 0 unspecified atom stereocenters. The molecule has 0 aliphatic rings. The van der Waals surface area contributed by atoms with Gasteiger partial charge in [-0.15, -0.1) is 11.3 Å². The summed E-state index contributed by atoms with van der Waals surface area (Å²) in [6, 6.07) is 10.2. The van der Waals surface area contributed by atoms with Crippen molar-refractivity contribution in [1.82, 2.24) is 15.3 Å². The molecule has 2 aromatic heterocycles. The Morgan fingerprint density at radius 3 is 2.77 bits per heavy atom. The van der Waals surface area contributed by atoms with Gasteiger partial charge in [0.15, 0.2) is 16.7 Å². The highest BCUT2D eigenvalue weighted by molar-refractivity contribution is 7.80. The third kappa shape index (κ3) is 4.93. The highest BCUT2D eigenvalue weighted by Gasteiger charge is 2.10. The summed E-state index contributed by atoms with van der Waals surface area (Å²) in [5, 5.41) is 7.47. The predicted octanol–water partition coefficient (Wildman–Crippen LogP) is 3.88. The van der Waals surface area contributed by atoms with Gasteiger partial charge in [0.2, 0.25) is 0 Å². The Kier molecular flexibility index (Phi) is 6.03. The minimum absolute atomic E-state index is 0.0270. The van der Waals surface area contributed by atoms with E-state index < -0.39 is 5.82 Å². The molecule has 26 heavy (non-hydrogen) atoms. The van der Waals surface area contributed by atoms with Crippen molar-refractivity contribution in [2.75, 3.05) is 5.32 Å². The van der Waals surface area contributed by atoms with Crippen molar-refractivity contribution in [3.8, 4) is 6.01 Å². The number of halogens is 2. The molecule has 0 aliphatic carbocycles. The molecule has 3 aromatic rings. The Morgan fingerprint density at radius 2 is 2.00 bits per heavy atom. The molecule has 0 aliphatic heterocycles. The molecule has 1 aromatic carbocycles. The molecule has 0 bridgehead atoms. The number of hydrogen-bond donors (Lipinski definition) is 2. The van der Waals surface area contributed by atoms with Crippen LogP contribution < -0.4 is 15.4 Å². The fourth-order valence-corrected chi connectivity index (χ4v) is 2.79. The highest BCUT2D eigenvalue weighted by Crippen LogP contribution is 2.16. The number of thiocarbonyl (C=S) groups is 1. The van der Waals surface area contributed by atoms with E-state index in [0.29, 0.717) is 12.2 Å². The van der Waals surface area contributed by atoms with Gasteiger partial charge in [0.05, 0.1) is 6.20 Å². The van der Waals surface area contributed by atoms with Gasteiger partial charge in [-0.2, -0.15) is 4.98 Å². The van der Waals surface area contributed by atoms with Crippen LogP contribution in [0.1, 0.15) is 10.4 Å². The molecule has 0 amide bonds. The fraction of sp³-hybridized carbons (Fsp3) is 0.118. The molecule has 0 spiro atoms. The van der Waals surface area contributed by atoms with Crippen molar-refractivity contribution in [1.29, 1.82) is 0 Å². The Bertz CT molecular complexity index is 890. The van der Waals surface area contributed by atoms with Gasteiger partial charge in [0.1, 0.15) is 12.4 Å². The topological polar surface area (TPSA) is 59.1 Å². The van der Waals surface area contributed by atoms with Gasteiger partial charge in [-0.1, -0.05) is 24.3 Å². The van der Waals surface area contributed by atoms with E-state index in [-0.39, 0.29) is 29.3 Å². The number of nitrogens with one attached hydrogen (secondary N) is 2. The van der Waals surface area contributed by atoms with E-state index in [1.54, 1.807) is 18.2 Å². The van der Waals surface area contributed by atoms with Crippen LogP contribution in [0.5, 0.6) is 6.01 Å². The van der Waals surface area contributed by atoms with Crippen LogP contribution in [0.3, 0.4) is 0 Å². The van der Waals surface area contributed by atoms with Gasteiger partial charge >= 0.3 is 6.01 Å². The van der Waals surface area contributed by atoms with Crippen LogP contribution in [0.2, 0.25) is 0 Å². The third-order valence-corrected chi connectivity index (χ3v) is 4.37. The molecular formula is C17H14F2N4OS2. The molecule has 0 saturated heterocycles. The van der Waals surface area contributed by atoms with Gasteiger partial charge in [-0.3, -0.25) is 0 Å². The molecule has 134 valence electrons. The number of thiophene rings is 1. The van der Waals surface area contributed by atoms with Gasteiger partial charge in [0.25, 0.3) is 0 Å². The van der Waals surface area contributed by atoms with E-state index in [0.717, 1.165) is 11.1 Å². The summed E-state index contributed by atoms with van der Waals surface area (Å²) in [5.74, 6) is -1.14. The van der Waals surface area contributed by atoms with Crippen LogP contribution in [0, 0.1) is 11.6 Å². The van der Waals surface area contributed by atoms with Crippen molar-refractivity contribution in [2.24, 2.45) is 0 Å². The second kappa shape index (κ2) is 8.63. The van der Waals surface area contributed by atoms with Gasteiger partial charge in [-0.05, 0) is 29.7 Å². The molecule has 0 radical (unpaired) electrons. The number of hydrogen-bond acceptors (Lipinski definition) is 5. The first-order chi connectivity index (χ1) is 12.6. The maximum absolute atomic E-state index is 13.9. The molecular weight excluding hydrogens is 378 g/mol. The zero-order valence-corrected chi connectivity index (χ0v) is 15.0. The number of ether oxygens (including phenoxy) is 1. The van der Waals surface area contributed by atoms with Crippen molar-refractivity contribution in [3.05, 3.63) is 70.1 Å². The average molecular weight is 392 g/mol. The quantitative estimate of drug-likeness (QED) is 0.621. The molecule has 9 heteroatoms. The number of benzene rings is 1. The first kappa shape index (κ1) is 18.2. The number of anilines is 1. The monoisotopic (exact) mass is 392 g/mol. The Labute approximate surface area is 158 Å². The van der Waals surface area contributed by atoms with Crippen LogP contribution in [-0.2, 0) is 13.2 Å². The molecule has 0 atom stereocenters. The highest BCUT2D eigenvalue weighted by atomic mass is 32.1. The number of nitrogens with zero attached hydrogens (tertiary/aromatic N) is 2. The zero-order chi connectivity index (χ0) is 18.4. The van der Waals surface area contributed by atoms with Crippen molar-refractivity contribution < 1.29 is 13.5 Å². The summed E-state index contributed by atoms with van der Waals surface area (Å²) >= 11 is 6.63. The first-order valence-electron chi connectivity index (χ1n) is 7.58. The number of rotatable bonds is 6. The maximum atomic E-state index is 13.9. The maximum Gasteiger partial charge on any atom is 0.318 e. The SMILES string of the molecule is Fc1ccccc1CNC(=S)Nc1nc(OCc2cccs2)ncc1F. The zero-order valence-electron chi connectivity index (χ0n) is 13.4. The lowest BCUT2D eigenvalue weighted by Crippen LogP contribution is -2.29. The van der Waals surface area contributed by atoms with E-state index in [1.807, 2.05) is 17.5 Å². The second-order valence-corrected chi connectivity index (χ2v) is 6.56. The van der Waals surface area contributed by atoms with Crippen LogP contribution in [0.25, 0.3) is 0 Å². The minimum Gasteiger partial charge on any atom is -0.458 e.